The number of rotatable bonds is 5. The monoisotopic (exact) mass is 297 g/mol. The lowest BCUT2D eigenvalue weighted by Gasteiger charge is -2.21. The fraction of sp³-hybridized carbons (Fsp3) is 0.444. The van der Waals surface area contributed by atoms with Crippen LogP contribution in [0.4, 0.5) is 0 Å². The maximum atomic E-state index is 12.0. The normalized spacial score (nSPS) is 15.8. The van der Waals surface area contributed by atoms with Gasteiger partial charge in [0.2, 0.25) is 5.91 Å². The number of carbonyl (C=O) groups is 1. The Balaban J connectivity index is 1.50. The van der Waals surface area contributed by atoms with Crippen LogP contribution in [0, 0.1) is 5.92 Å². The maximum absolute atomic E-state index is 12.0. The molecule has 0 radical (unpaired) electrons. The fourth-order valence-corrected chi connectivity index (χ4v) is 3.13. The predicted molar refractivity (Wildman–Crippen MR) is 88.7 cm³/mol. The van der Waals surface area contributed by atoms with Crippen LogP contribution in [-0.2, 0) is 11.2 Å². The van der Waals surface area contributed by atoms with Gasteiger partial charge in [-0.15, -0.1) is 0 Å². The molecule has 4 nitrogen and oxygen atoms in total. The van der Waals surface area contributed by atoms with Gasteiger partial charge in [-0.05, 0) is 49.9 Å². The first-order valence-electron chi connectivity index (χ1n) is 8.13. The Morgan fingerprint density at radius 1 is 1.23 bits per heavy atom. The lowest BCUT2D eigenvalue weighted by Crippen LogP contribution is -2.33. The molecule has 0 unspecified atom stereocenters. The minimum Gasteiger partial charge on any atom is -0.356 e. The summed E-state index contributed by atoms with van der Waals surface area (Å²) in [5.41, 5.74) is 2.23. The van der Waals surface area contributed by atoms with E-state index in [1.54, 1.807) is 0 Å². The van der Waals surface area contributed by atoms with E-state index < -0.39 is 0 Å². The number of nitrogens with one attached hydrogen (secondary N) is 2. The highest BCUT2D eigenvalue weighted by Gasteiger charge is 2.16. The number of piperidine rings is 1. The molecule has 116 valence electrons. The quantitative estimate of drug-likeness (QED) is 0.890. The molecule has 0 spiro atoms. The van der Waals surface area contributed by atoms with Crippen molar-refractivity contribution in [2.75, 3.05) is 19.6 Å². The molecular formula is C18H23N3O. The molecule has 1 fully saturated rings. The van der Waals surface area contributed by atoms with Gasteiger partial charge in [-0.1, -0.05) is 24.3 Å². The van der Waals surface area contributed by atoms with Gasteiger partial charge < -0.3 is 10.6 Å². The molecule has 3 rings (SSSR count). The van der Waals surface area contributed by atoms with Gasteiger partial charge in [-0.3, -0.25) is 9.78 Å². The van der Waals surface area contributed by atoms with Crippen LogP contribution < -0.4 is 10.6 Å². The first-order chi connectivity index (χ1) is 10.8. The summed E-state index contributed by atoms with van der Waals surface area (Å²) in [5, 5.41) is 7.54. The molecule has 0 atom stereocenters. The number of pyridine rings is 1. The topological polar surface area (TPSA) is 54.0 Å². The second-order valence-electron chi connectivity index (χ2n) is 5.99. The summed E-state index contributed by atoms with van der Waals surface area (Å²) in [6, 6.07) is 10.2. The number of carbonyl (C=O) groups excluding carboxylic acids is 1. The highest BCUT2D eigenvalue weighted by molar-refractivity contribution is 5.81. The molecule has 0 aliphatic carbocycles. The number of aromatic nitrogens is 1. The van der Waals surface area contributed by atoms with Gasteiger partial charge in [0.25, 0.3) is 0 Å². The number of hydrogen-bond acceptors (Lipinski definition) is 3. The number of amides is 1. The van der Waals surface area contributed by atoms with Crippen LogP contribution in [0.2, 0.25) is 0 Å². The second kappa shape index (κ2) is 7.36. The van der Waals surface area contributed by atoms with Gasteiger partial charge in [0, 0.05) is 24.5 Å². The molecule has 2 aromatic rings. The van der Waals surface area contributed by atoms with E-state index >= 15 is 0 Å². The molecule has 0 saturated carbocycles. The number of nitrogens with zero attached hydrogens (tertiary/aromatic N) is 1. The van der Waals surface area contributed by atoms with Gasteiger partial charge in [-0.25, -0.2) is 0 Å². The van der Waals surface area contributed by atoms with Crippen LogP contribution in [0.25, 0.3) is 10.9 Å². The van der Waals surface area contributed by atoms with Gasteiger partial charge in [0.1, 0.15) is 0 Å². The molecule has 1 amide bonds. The van der Waals surface area contributed by atoms with Crippen molar-refractivity contribution in [2.45, 2.75) is 25.7 Å². The summed E-state index contributed by atoms with van der Waals surface area (Å²) in [4.78, 5) is 16.5. The summed E-state index contributed by atoms with van der Waals surface area (Å²) in [7, 11) is 0. The molecule has 4 heteroatoms. The Kier molecular flexibility index (Phi) is 5.01. The zero-order valence-electron chi connectivity index (χ0n) is 12.8. The first-order valence-corrected chi connectivity index (χ1v) is 8.13. The summed E-state index contributed by atoms with van der Waals surface area (Å²) in [6.07, 6.45) is 5.53. The molecular weight excluding hydrogens is 274 g/mol. The lowest BCUT2D eigenvalue weighted by molar-refractivity contribution is -0.122. The first kappa shape index (κ1) is 15.0. The third-order valence-electron chi connectivity index (χ3n) is 4.37. The highest BCUT2D eigenvalue weighted by Crippen LogP contribution is 2.17. The Morgan fingerprint density at radius 2 is 2.05 bits per heavy atom. The molecule has 22 heavy (non-hydrogen) atoms. The standard InChI is InChI=1S/C18H23N3O/c22-17(13-14-6-10-19-11-7-14)20-12-8-16-4-1-3-15-5-2-9-21-18(15)16/h1-5,9,14,19H,6-8,10-13H2,(H,20,22). The SMILES string of the molecule is O=C(CC1CCNCC1)NCCc1cccc2cccnc12. The van der Waals surface area contributed by atoms with E-state index in [0.717, 1.165) is 43.3 Å². The Labute approximate surface area is 131 Å². The van der Waals surface area contributed by atoms with Crippen molar-refractivity contribution in [2.24, 2.45) is 5.92 Å². The highest BCUT2D eigenvalue weighted by atomic mass is 16.1. The third kappa shape index (κ3) is 3.83. The van der Waals surface area contributed by atoms with Crippen LogP contribution in [0.1, 0.15) is 24.8 Å². The fourth-order valence-electron chi connectivity index (χ4n) is 3.13. The molecule has 2 heterocycles. The number of fused-ring (bicyclic) bond motifs is 1. The number of benzene rings is 1. The summed E-state index contributed by atoms with van der Waals surface area (Å²) in [6.45, 7) is 2.76. The van der Waals surface area contributed by atoms with Gasteiger partial charge in [-0.2, -0.15) is 0 Å². The molecule has 1 aromatic carbocycles. The molecule has 0 bridgehead atoms. The minimum absolute atomic E-state index is 0.181. The van der Waals surface area contributed by atoms with Crippen molar-refractivity contribution in [3.05, 3.63) is 42.1 Å². The third-order valence-corrected chi connectivity index (χ3v) is 4.37. The van der Waals surface area contributed by atoms with E-state index in [1.165, 1.54) is 5.56 Å². The molecule has 1 saturated heterocycles. The molecule has 1 aromatic heterocycles. The summed E-state index contributed by atoms with van der Waals surface area (Å²) >= 11 is 0. The Bertz CT molecular complexity index is 630. The van der Waals surface area contributed by atoms with Gasteiger partial charge >= 0.3 is 0 Å². The summed E-state index contributed by atoms with van der Waals surface area (Å²) in [5.74, 6) is 0.723. The van der Waals surface area contributed by atoms with Crippen molar-refractivity contribution >= 4 is 16.8 Å². The lowest BCUT2D eigenvalue weighted by atomic mass is 9.94. The average molecular weight is 297 g/mol. The van der Waals surface area contributed by atoms with Crippen molar-refractivity contribution in [1.29, 1.82) is 0 Å². The van der Waals surface area contributed by atoms with Crippen LogP contribution >= 0.6 is 0 Å². The Morgan fingerprint density at radius 3 is 2.91 bits per heavy atom. The van der Waals surface area contributed by atoms with Crippen molar-refractivity contribution < 1.29 is 4.79 Å². The van der Waals surface area contributed by atoms with Crippen molar-refractivity contribution in [3.8, 4) is 0 Å². The van der Waals surface area contributed by atoms with Crippen LogP contribution in [0.15, 0.2) is 36.5 Å². The maximum Gasteiger partial charge on any atom is 0.220 e. The molecule has 1 aliphatic heterocycles. The second-order valence-corrected chi connectivity index (χ2v) is 5.99. The zero-order chi connectivity index (χ0) is 15.2. The van der Waals surface area contributed by atoms with Gasteiger partial charge in [0.05, 0.1) is 5.52 Å². The average Bonchev–Trinajstić information content (AvgIpc) is 2.56. The van der Waals surface area contributed by atoms with E-state index in [4.69, 9.17) is 0 Å². The van der Waals surface area contributed by atoms with E-state index in [-0.39, 0.29) is 5.91 Å². The van der Waals surface area contributed by atoms with E-state index in [0.29, 0.717) is 18.9 Å². The molecule has 1 aliphatic rings. The van der Waals surface area contributed by atoms with Crippen LogP contribution in [0.5, 0.6) is 0 Å². The largest absolute Gasteiger partial charge is 0.356 e. The number of hydrogen-bond donors (Lipinski definition) is 2. The van der Waals surface area contributed by atoms with E-state index in [1.807, 2.05) is 12.3 Å². The van der Waals surface area contributed by atoms with Gasteiger partial charge in [0.15, 0.2) is 0 Å². The zero-order valence-corrected chi connectivity index (χ0v) is 12.8. The number of para-hydroxylation sites is 1. The van der Waals surface area contributed by atoms with Crippen molar-refractivity contribution in [1.82, 2.24) is 15.6 Å². The van der Waals surface area contributed by atoms with E-state index in [9.17, 15) is 4.79 Å². The van der Waals surface area contributed by atoms with Crippen molar-refractivity contribution in [3.63, 3.8) is 0 Å². The predicted octanol–water partition coefficient (Wildman–Crippen LogP) is 2.28. The Hall–Kier alpha value is -1.94. The van der Waals surface area contributed by atoms with Crippen LogP contribution in [-0.4, -0.2) is 30.5 Å². The van der Waals surface area contributed by atoms with Crippen LogP contribution in [0.3, 0.4) is 0 Å². The smallest absolute Gasteiger partial charge is 0.220 e. The minimum atomic E-state index is 0.181. The summed E-state index contributed by atoms with van der Waals surface area (Å²) < 4.78 is 0. The van der Waals surface area contributed by atoms with E-state index in [2.05, 4.69) is 39.9 Å². The molecule has 2 N–H and O–H groups in total.